The minimum atomic E-state index is -0.625. The highest BCUT2D eigenvalue weighted by atomic mass is 16.5. The number of fused-ring (bicyclic) bond motifs is 3. The van der Waals surface area contributed by atoms with Crippen molar-refractivity contribution >= 4 is 18.0 Å². The summed E-state index contributed by atoms with van der Waals surface area (Å²) in [6.07, 6.45) is 3.40. The van der Waals surface area contributed by atoms with Crippen LogP contribution in [0, 0.1) is 5.92 Å². The van der Waals surface area contributed by atoms with E-state index in [0.29, 0.717) is 6.54 Å². The fraction of sp³-hybridized carbons (Fsp3) is 0.643. The molecule has 2 saturated heterocycles. The average molecular weight is 263 g/mol. The second-order valence-electron chi connectivity index (χ2n) is 5.80. The van der Waals surface area contributed by atoms with E-state index in [-0.39, 0.29) is 23.8 Å². The van der Waals surface area contributed by atoms with Crippen molar-refractivity contribution in [2.75, 3.05) is 13.6 Å². The molecule has 3 aliphatic heterocycles. The van der Waals surface area contributed by atoms with Gasteiger partial charge >= 0.3 is 0 Å². The second-order valence-corrected chi connectivity index (χ2v) is 5.80. The van der Waals surface area contributed by atoms with Gasteiger partial charge in [0.15, 0.2) is 18.4 Å². The molecule has 0 unspecified atom stereocenters. The maximum atomic E-state index is 12.4. The van der Waals surface area contributed by atoms with Crippen LogP contribution in [0.1, 0.15) is 20.8 Å². The van der Waals surface area contributed by atoms with Crippen molar-refractivity contribution in [2.45, 2.75) is 38.5 Å². The Balaban J connectivity index is 2.06. The lowest BCUT2D eigenvalue weighted by Crippen LogP contribution is -2.50. The number of carbonyl (C=O) groups excluding carboxylic acids is 2. The van der Waals surface area contributed by atoms with Crippen LogP contribution >= 0.6 is 0 Å². The van der Waals surface area contributed by atoms with Crippen LogP contribution in [0.25, 0.3) is 0 Å². The highest BCUT2D eigenvalue weighted by Gasteiger charge is 2.67. The lowest BCUT2D eigenvalue weighted by atomic mass is 9.84. The van der Waals surface area contributed by atoms with Gasteiger partial charge in [0.25, 0.3) is 5.91 Å². The Hall–Kier alpha value is -1.49. The van der Waals surface area contributed by atoms with Crippen molar-refractivity contribution in [2.24, 2.45) is 5.92 Å². The molecule has 0 aromatic carbocycles. The smallest absolute Gasteiger partial charge is 0.259 e. The standard InChI is InChI=1S/C14H19N2O3/c1-5-16-12(17)9-10(13(16)18)19-14(3)6-8(2)7-15(4)11(9)14/h6-7,9-11H,5H2,1-4H3/q+1/t9-,10-,11-,14-/m0/s1. The quantitative estimate of drug-likeness (QED) is 0.501. The van der Waals surface area contributed by atoms with Gasteiger partial charge in [-0.15, -0.1) is 0 Å². The Labute approximate surface area is 112 Å². The maximum absolute atomic E-state index is 12.4. The third kappa shape index (κ3) is 1.48. The van der Waals surface area contributed by atoms with Crippen molar-refractivity contribution in [3.8, 4) is 0 Å². The number of likely N-dealkylation sites (N-methyl/N-ethyl adjacent to an activating group) is 2. The number of hydrogen-bond donors (Lipinski definition) is 0. The van der Waals surface area contributed by atoms with Crippen LogP contribution in [0.4, 0.5) is 0 Å². The topological polar surface area (TPSA) is 49.6 Å². The van der Waals surface area contributed by atoms with E-state index in [0.717, 1.165) is 5.57 Å². The Morgan fingerprint density at radius 2 is 2.11 bits per heavy atom. The van der Waals surface area contributed by atoms with Crippen molar-refractivity contribution in [1.82, 2.24) is 4.90 Å². The third-order valence-electron chi connectivity index (χ3n) is 4.37. The highest BCUT2D eigenvalue weighted by Crippen LogP contribution is 2.44. The van der Waals surface area contributed by atoms with E-state index < -0.39 is 11.7 Å². The summed E-state index contributed by atoms with van der Waals surface area (Å²) >= 11 is 0. The van der Waals surface area contributed by atoms with E-state index in [1.165, 1.54) is 4.90 Å². The average Bonchev–Trinajstić information content (AvgIpc) is 2.72. The van der Waals surface area contributed by atoms with Gasteiger partial charge in [0.1, 0.15) is 18.6 Å². The Morgan fingerprint density at radius 1 is 1.42 bits per heavy atom. The normalized spacial score (nSPS) is 41.1. The summed E-state index contributed by atoms with van der Waals surface area (Å²) in [5.74, 6) is -0.671. The van der Waals surface area contributed by atoms with Crippen molar-refractivity contribution in [3.63, 3.8) is 0 Å². The third-order valence-corrected chi connectivity index (χ3v) is 4.37. The second kappa shape index (κ2) is 3.76. The molecule has 4 atom stereocenters. The number of allylic oxidation sites excluding steroid dienone is 1. The molecule has 3 rings (SSSR count). The predicted octanol–water partition coefficient (Wildman–Crippen LogP) is 0.190. The number of hydrogen-bond acceptors (Lipinski definition) is 3. The minimum Gasteiger partial charge on any atom is -0.350 e. The van der Waals surface area contributed by atoms with Gasteiger partial charge in [0.2, 0.25) is 5.91 Å². The number of likely N-dealkylation sites (tertiary alicyclic amines) is 1. The van der Waals surface area contributed by atoms with E-state index in [9.17, 15) is 9.59 Å². The van der Waals surface area contributed by atoms with Crippen LogP contribution in [0.3, 0.4) is 0 Å². The number of carbonyl (C=O) groups is 2. The summed E-state index contributed by atoms with van der Waals surface area (Å²) in [6.45, 7) is 6.19. The van der Waals surface area contributed by atoms with Crippen LogP contribution in [0.15, 0.2) is 11.6 Å². The summed E-state index contributed by atoms with van der Waals surface area (Å²) in [6, 6.07) is -0.103. The van der Waals surface area contributed by atoms with Crippen molar-refractivity contribution in [3.05, 3.63) is 11.6 Å². The van der Waals surface area contributed by atoms with E-state index in [4.69, 9.17) is 4.74 Å². The number of imide groups is 1. The van der Waals surface area contributed by atoms with Gasteiger partial charge < -0.3 is 4.74 Å². The van der Waals surface area contributed by atoms with Gasteiger partial charge in [0.05, 0.1) is 0 Å². The molecule has 3 aliphatic rings. The SMILES string of the molecule is CCN1C(=O)[C@H]2[C@H](O[C@@]3(C)C=C(C)C=[N+](C)[C@@H]23)C1=O. The first kappa shape index (κ1) is 12.5. The van der Waals surface area contributed by atoms with Crippen LogP contribution in [0.5, 0.6) is 0 Å². The van der Waals surface area contributed by atoms with Gasteiger partial charge in [-0.1, -0.05) is 0 Å². The lowest BCUT2D eigenvalue weighted by molar-refractivity contribution is -0.550. The molecule has 5 heteroatoms. The summed E-state index contributed by atoms with van der Waals surface area (Å²) in [5, 5.41) is 0. The van der Waals surface area contributed by atoms with Crippen molar-refractivity contribution in [1.29, 1.82) is 0 Å². The number of rotatable bonds is 1. The van der Waals surface area contributed by atoms with Gasteiger partial charge in [-0.3, -0.25) is 14.5 Å². The monoisotopic (exact) mass is 263 g/mol. The zero-order valence-corrected chi connectivity index (χ0v) is 11.7. The molecule has 0 spiro atoms. The summed E-state index contributed by atoms with van der Waals surface area (Å²) in [7, 11) is 1.94. The first-order valence-electron chi connectivity index (χ1n) is 6.68. The van der Waals surface area contributed by atoms with Crippen molar-refractivity contribution < 1.29 is 18.9 Å². The van der Waals surface area contributed by atoms with E-state index >= 15 is 0 Å². The Kier molecular flexibility index (Phi) is 2.48. The van der Waals surface area contributed by atoms with E-state index in [1.54, 1.807) is 0 Å². The lowest BCUT2D eigenvalue weighted by Gasteiger charge is -2.30. The molecule has 102 valence electrons. The zero-order valence-electron chi connectivity index (χ0n) is 11.7. The summed E-state index contributed by atoms with van der Waals surface area (Å²) in [4.78, 5) is 26.0. The Morgan fingerprint density at radius 3 is 2.74 bits per heavy atom. The maximum Gasteiger partial charge on any atom is 0.259 e. The van der Waals surface area contributed by atoms with Crippen LogP contribution < -0.4 is 0 Å². The molecule has 0 aliphatic carbocycles. The van der Waals surface area contributed by atoms with E-state index in [2.05, 4.69) is 0 Å². The molecule has 0 N–H and O–H groups in total. The number of nitrogens with zero attached hydrogens (tertiary/aromatic N) is 2. The fourth-order valence-electron chi connectivity index (χ4n) is 3.83. The zero-order chi connectivity index (χ0) is 13.9. The molecule has 0 radical (unpaired) electrons. The number of ether oxygens (including phenoxy) is 1. The fourth-order valence-corrected chi connectivity index (χ4v) is 3.83. The largest absolute Gasteiger partial charge is 0.350 e. The molecule has 0 saturated carbocycles. The van der Waals surface area contributed by atoms with Gasteiger partial charge in [-0.05, 0) is 26.8 Å². The molecular formula is C14H19N2O3+. The summed E-state index contributed by atoms with van der Waals surface area (Å²) in [5.41, 5.74) is 0.530. The van der Waals surface area contributed by atoms with Gasteiger partial charge in [-0.25, -0.2) is 4.58 Å². The molecule has 0 aromatic heterocycles. The molecule has 5 nitrogen and oxygen atoms in total. The van der Waals surface area contributed by atoms with Crippen LogP contribution in [-0.4, -0.2) is 58.8 Å². The molecule has 0 bridgehead atoms. The molecule has 3 heterocycles. The van der Waals surface area contributed by atoms with E-state index in [1.807, 2.05) is 44.7 Å². The molecule has 2 fully saturated rings. The Bertz CT molecular complexity index is 537. The summed E-state index contributed by atoms with van der Waals surface area (Å²) < 4.78 is 8.00. The van der Waals surface area contributed by atoms with Gasteiger partial charge in [-0.2, -0.15) is 0 Å². The molecule has 2 amide bonds. The molecule has 19 heavy (non-hydrogen) atoms. The van der Waals surface area contributed by atoms with Gasteiger partial charge in [0, 0.05) is 12.1 Å². The molecule has 0 aromatic rings. The first-order chi connectivity index (χ1) is 8.89. The van der Waals surface area contributed by atoms with Crippen LogP contribution in [0.2, 0.25) is 0 Å². The highest BCUT2D eigenvalue weighted by molar-refractivity contribution is 6.07. The van der Waals surface area contributed by atoms with Crippen LogP contribution in [-0.2, 0) is 14.3 Å². The minimum absolute atomic E-state index is 0.0978. The first-order valence-corrected chi connectivity index (χ1v) is 6.68. The molecular weight excluding hydrogens is 244 g/mol. The predicted molar refractivity (Wildman–Crippen MR) is 69.0 cm³/mol. The number of amides is 2.